The monoisotopic (exact) mass is 314 g/mol. The Labute approximate surface area is 130 Å². The van der Waals surface area contributed by atoms with Gasteiger partial charge in [0, 0.05) is 22.0 Å². The summed E-state index contributed by atoms with van der Waals surface area (Å²) in [6, 6.07) is 7.93. The summed E-state index contributed by atoms with van der Waals surface area (Å²) in [5, 5.41) is 20.2. The third kappa shape index (κ3) is 2.01. The number of carbonyl (C=O) groups excluding carboxylic acids is 1. The van der Waals surface area contributed by atoms with E-state index in [0.29, 0.717) is 25.3 Å². The highest BCUT2D eigenvalue weighted by molar-refractivity contribution is 7.17. The van der Waals surface area contributed by atoms with E-state index in [4.69, 9.17) is 0 Å². The number of aromatic nitrogens is 3. The molecular formula is C15H14N4O2S. The largest absolute Gasteiger partial charge is 0.390 e. The smallest absolute Gasteiger partial charge is 0.255 e. The summed E-state index contributed by atoms with van der Waals surface area (Å²) in [6.07, 6.45) is 0. The van der Waals surface area contributed by atoms with Gasteiger partial charge in [0.05, 0.1) is 31.0 Å². The molecular weight excluding hydrogens is 300 g/mol. The minimum atomic E-state index is -0.154. The van der Waals surface area contributed by atoms with E-state index in [1.54, 1.807) is 20.9 Å². The summed E-state index contributed by atoms with van der Waals surface area (Å²) in [6.45, 7) is 1.49. The van der Waals surface area contributed by atoms with Crippen molar-refractivity contribution in [1.29, 1.82) is 0 Å². The highest BCUT2D eigenvalue weighted by Gasteiger charge is 2.26. The number of carbonyl (C=O) groups is 1. The van der Waals surface area contributed by atoms with Crippen LogP contribution < -0.4 is 0 Å². The zero-order chi connectivity index (χ0) is 15.1. The molecule has 4 rings (SSSR count). The van der Waals surface area contributed by atoms with Crippen molar-refractivity contribution in [3.63, 3.8) is 0 Å². The molecule has 1 aliphatic heterocycles. The highest BCUT2D eigenvalue weighted by atomic mass is 32.1. The second-order valence-electron chi connectivity index (χ2n) is 5.24. The van der Waals surface area contributed by atoms with Crippen LogP contribution in [0.15, 0.2) is 29.6 Å². The third-order valence-corrected chi connectivity index (χ3v) is 4.95. The lowest BCUT2D eigenvalue weighted by molar-refractivity contribution is 0.0706. The first-order chi connectivity index (χ1) is 10.8. The van der Waals surface area contributed by atoms with Crippen LogP contribution in [0.25, 0.3) is 10.1 Å². The molecule has 22 heavy (non-hydrogen) atoms. The standard InChI is InChI=1S/C15H14N4O2S/c20-8-12-13-7-18(5-6-19(13)17-16-12)15(21)11-9-22-14-4-2-1-3-10(11)14/h1-4,9,20H,5-8H2. The van der Waals surface area contributed by atoms with Crippen LogP contribution in [0.4, 0.5) is 0 Å². The number of aliphatic hydroxyl groups excluding tert-OH is 1. The third-order valence-electron chi connectivity index (χ3n) is 3.99. The number of hydrogen-bond acceptors (Lipinski definition) is 5. The van der Waals surface area contributed by atoms with Gasteiger partial charge < -0.3 is 10.0 Å². The second-order valence-corrected chi connectivity index (χ2v) is 6.15. The van der Waals surface area contributed by atoms with Gasteiger partial charge >= 0.3 is 0 Å². The number of nitrogens with zero attached hydrogens (tertiary/aromatic N) is 4. The quantitative estimate of drug-likeness (QED) is 0.780. The molecule has 112 valence electrons. The molecule has 0 saturated carbocycles. The molecule has 2 aromatic heterocycles. The Morgan fingerprint density at radius 2 is 2.18 bits per heavy atom. The molecule has 3 aromatic rings. The van der Waals surface area contributed by atoms with Gasteiger partial charge in [-0.15, -0.1) is 16.4 Å². The highest BCUT2D eigenvalue weighted by Crippen LogP contribution is 2.27. The van der Waals surface area contributed by atoms with Gasteiger partial charge in [0.15, 0.2) is 0 Å². The lowest BCUT2D eigenvalue weighted by atomic mass is 10.1. The van der Waals surface area contributed by atoms with Gasteiger partial charge in [-0.1, -0.05) is 23.4 Å². The zero-order valence-electron chi connectivity index (χ0n) is 11.8. The van der Waals surface area contributed by atoms with Crippen LogP contribution in [0.3, 0.4) is 0 Å². The predicted octanol–water partition coefficient (Wildman–Crippen LogP) is 1.64. The molecule has 0 saturated heterocycles. The predicted molar refractivity (Wildman–Crippen MR) is 82.5 cm³/mol. The summed E-state index contributed by atoms with van der Waals surface area (Å²) >= 11 is 1.58. The Hall–Kier alpha value is -2.25. The molecule has 0 spiro atoms. The van der Waals surface area contributed by atoms with Gasteiger partial charge in [0.2, 0.25) is 0 Å². The first-order valence-corrected chi connectivity index (χ1v) is 7.93. The van der Waals surface area contributed by atoms with Crippen LogP contribution >= 0.6 is 11.3 Å². The Morgan fingerprint density at radius 1 is 1.32 bits per heavy atom. The van der Waals surface area contributed by atoms with Crippen molar-refractivity contribution in [1.82, 2.24) is 19.9 Å². The fourth-order valence-corrected chi connectivity index (χ4v) is 3.74. The Bertz CT molecular complexity index is 841. The molecule has 0 bridgehead atoms. The summed E-state index contributed by atoms with van der Waals surface area (Å²) < 4.78 is 2.88. The molecule has 0 fully saturated rings. The first kappa shape index (κ1) is 13.4. The average molecular weight is 314 g/mol. The Balaban J connectivity index is 1.67. The van der Waals surface area contributed by atoms with E-state index >= 15 is 0 Å². The van der Waals surface area contributed by atoms with Crippen LogP contribution in [-0.4, -0.2) is 37.5 Å². The van der Waals surface area contributed by atoms with Crippen LogP contribution in [0.1, 0.15) is 21.7 Å². The van der Waals surface area contributed by atoms with Crippen molar-refractivity contribution in [2.24, 2.45) is 0 Å². The van der Waals surface area contributed by atoms with E-state index in [2.05, 4.69) is 10.3 Å². The summed E-state index contributed by atoms with van der Waals surface area (Å²) in [7, 11) is 0. The molecule has 0 unspecified atom stereocenters. The molecule has 1 amide bonds. The van der Waals surface area contributed by atoms with Crippen LogP contribution in [0, 0.1) is 0 Å². The minimum absolute atomic E-state index is 0.0220. The van der Waals surface area contributed by atoms with Crippen molar-refractivity contribution in [3.05, 3.63) is 46.6 Å². The fraction of sp³-hybridized carbons (Fsp3) is 0.267. The maximum absolute atomic E-state index is 12.8. The molecule has 0 aliphatic carbocycles. The molecule has 6 nitrogen and oxygen atoms in total. The van der Waals surface area contributed by atoms with Crippen molar-refractivity contribution < 1.29 is 9.90 Å². The first-order valence-electron chi connectivity index (χ1n) is 7.05. The van der Waals surface area contributed by atoms with E-state index < -0.39 is 0 Å². The van der Waals surface area contributed by atoms with Gasteiger partial charge in [-0.25, -0.2) is 4.68 Å². The lowest BCUT2D eigenvalue weighted by Gasteiger charge is -2.27. The second kappa shape index (κ2) is 5.19. The Kier molecular flexibility index (Phi) is 3.16. The van der Waals surface area contributed by atoms with Crippen molar-refractivity contribution in [2.75, 3.05) is 6.54 Å². The topological polar surface area (TPSA) is 71.2 Å². The number of rotatable bonds is 2. The number of benzene rings is 1. The van der Waals surface area contributed by atoms with E-state index in [9.17, 15) is 9.90 Å². The van der Waals surface area contributed by atoms with Gasteiger partial charge in [-0.3, -0.25) is 4.79 Å². The molecule has 3 heterocycles. The van der Waals surface area contributed by atoms with E-state index in [0.717, 1.165) is 21.3 Å². The average Bonchev–Trinajstić information content (AvgIpc) is 3.17. The lowest BCUT2D eigenvalue weighted by Crippen LogP contribution is -2.38. The van der Waals surface area contributed by atoms with Crippen LogP contribution in [-0.2, 0) is 19.7 Å². The van der Waals surface area contributed by atoms with Gasteiger partial charge in [-0.2, -0.15) is 0 Å². The normalized spacial score (nSPS) is 14.3. The van der Waals surface area contributed by atoms with Gasteiger partial charge in [0.25, 0.3) is 5.91 Å². The number of hydrogen-bond donors (Lipinski definition) is 1. The number of fused-ring (bicyclic) bond motifs is 2. The van der Waals surface area contributed by atoms with E-state index in [-0.39, 0.29) is 12.5 Å². The Morgan fingerprint density at radius 3 is 3.05 bits per heavy atom. The van der Waals surface area contributed by atoms with Crippen LogP contribution in [0.5, 0.6) is 0 Å². The number of thiophene rings is 1. The molecule has 1 N–H and O–H groups in total. The number of aliphatic hydroxyl groups is 1. The summed E-state index contributed by atoms with van der Waals surface area (Å²) in [5.41, 5.74) is 2.11. The number of amides is 1. The zero-order valence-corrected chi connectivity index (χ0v) is 12.6. The van der Waals surface area contributed by atoms with Crippen LogP contribution in [0.2, 0.25) is 0 Å². The molecule has 7 heteroatoms. The molecule has 0 radical (unpaired) electrons. The SMILES string of the molecule is O=C(c1csc2ccccc12)N1CCn2nnc(CO)c2C1. The molecule has 0 atom stereocenters. The maximum Gasteiger partial charge on any atom is 0.255 e. The van der Waals surface area contributed by atoms with Gasteiger partial charge in [0.1, 0.15) is 5.69 Å². The van der Waals surface area contributed by atoms with E-state index in [1.165, 1.54) is 0 Å². The van der Waals surface area contributed by atoms with Crippen molar-refractivity contribution in [2.45, 2.75) is 19.7 Å². The summed E-state index contributed by atoms with van der Waals surface area (Å²) in [5.74, 6) is 0.0220. The maximum atomic E-state index is 12.8. The van der Waals surface area contributed by atoms with Gasteiger partial charge in [-0.05, 0) is 6.07 Å². The fourth-order valence-electron chi connectivity index (χ4n) is 2.81. The summed E-state index contributed by atoms with van der Waals surface area (Å²) in [4.78, 5) is 14.6. The van der Waals surface area contributed by atoms with E-state index in [1.807, 2.05) is 29.6 Å². The molecule has 1 aliphatic rings. The minimum Gasteiger partial charge on any atom is -0.390 e. The molecule has 1 aromatic carbocycles. The van der Waals surface area contributed by atoms with Crippen molar-refractivity contribution in [3.8, 4) is 0 Å². The van der Waals surface area contributed by atoms with Crippen molar-refractivity contribution >= 4 is 27.3 Å².